The van der Waals surface area contributed by atoms with Crippen LogP contribution in [0.25, 0.3) is 0 Å². The summed E-state index contributed by atoms with van der Waals surface area (Å²) in [6, 6.07) is 0. The van der Waals surface area contributed by atoms with Gasteiger partial charge in [-0.15, -0.1) is 0 Å². The van der Waals surface area contributed by atoms with Crippen molar-refractivity contribution in [3.05, 3.63) is 0 Å². The van der Waals surface area contributed by atoms with Crippen LogP contribution >= 0.6 is 0 Å². The molecule has 86 valence electrons. The molecule has 1 heterocycles. The van der Waals surface area contributed by atoms with Crippen LogP contribution in [0, 0.1) is 11.3 Å². The molecule has 1 saturated heterocycles. The molecule has 0 aromatic rings. The van der Waals surface area contributed by atoms with Gasteiger partial charge in [0.1, 0.15) is 5.41 Å². The Kier molecular flexibility index (Phi) is 2.98. The fourth-order valence-electron chi connectivity index (χ4n) is 2.38. The van der Waals surface area contributed by atoms with Gasteiger partial charge in [0.15, 0.2) is 0 Å². The molecule has 2 fully saturated rings. The Morgan fingerprint density at radius 1 is 1.60 bits per heavy atom. The molecule has 1 aliphatic heterocycles. The molecule has 4 heteroatoms. The van der Waals surface area contributed by atoms with Crippen LogP contribution in [0.2, 0.25) is 0 Å². The minimum atomic E-state index is -0.781. The third-order valence-electron chi connectivity index (χ3n) is 3.43. The second kappa shape index (κ2) is 4.10. The highest BCUT2D eigenvalue weighted by atomic mass is 16.5. The van der Waals surface area contributed by atoms with Crippen LogP contribution in [0.3, 0.4) is 0 Å². The Morgan fingerprint density at radius 3 is 2.87 bits per heavy atom. The molecule has 15 heavy (non-hydrogen) atoms. The average molecular weight is 214 g/mol. The smallest absolute Gasteiger partial charge is 0.314 e. The maximum Gasteiger partial charge on any atom is 0.314 e. The van der Waals surface area contributed by atoms with Crippen molar-refractivity contribution >= 4 is 5.97 Å². The number of rotatable bonds is 5. The molecular weight excluding hydrogens is 196 g/mol. The summed E-state index contributed by atoms with van der Waals surface area (Å²) in [7, 11) is 0. The summed E-state index contributed by atoms with van der Waals surface area (Å²) >= 11 is 0. The first kappa shape index (κ1) is 10.9. The van der Waals surface area contributed by atoms with E-state index in [0.717, 1.165) is 12.8 Å². The van der Waals surface area contributed by atoms with Gasteiger partial charge in [-0.05, 0) is 32.1 Å². The van der Waals surface area contributed by atoms with E-state index in [1.807, 2.05) is 6.92 Å². The summed E-state index contributed by atoms with van der Waals surface area (Å²) in [4.78, 5) is 11.4. The van der Waals surface area contributed by atoms with Crippen molar-refractivity contribution in [2.24, 2.45) is 11.3 Å². The molecular formula is C11H18O4. The van der Waals surface area contributed by atoms with Crippen LogP contribution in [0.15, 0.2) is 0 Å². The molecule has 2 rings (SSSR count). The van der Waals surface area contributed by atoms with Crippen molar-refractivity contribution in [1.29, 1.82) is 0 Å². The molecule has 2 aliphatic rings. The summed E-state index contributed by atoms with van der Waals surface area (Å²) in [6.45, 7) is 3.30. The van der Waals surface area contributed by atoms with E-state index in [9.17, 15) is 9.90 Å². The van der Waals surface area contributed by atoms with Crippen molar-refractivity contribution in [1.82, 2.24) is 0 Å². The highest BCUT2D eigenvalue weighted by molar-refractivity contribution is 5.76. The lowest BCUT2D eigenvalue weighted by Gasteiger charge is -2.29. The van der Waals surface area contributed by atoms with Gasteiger partial charge in [0.2, 0.25) is 0 Å². The molecule has 0 aromatic heterocycles. The Balaban J connectivity index is 2.11. The molecule has 4 nitrogen and oxygen atoms in total. The van der Waals surface area contributed by atoms with Gasteiger partial charge in [0.25, 0.3) is 0 Å². The molecule has 1 aliphatic carbocycles. The summed E-state index contributed by atoms with van der Waals surface area (Å²) in [5.41, 5.74) is -0.781. The van der Waals surface area contributed by atoms with E-state index in [4.69, 9.17) is 9.47 Å². The van der Waals surface area contributed by atoms with Gasteiger partial charge in [0, 0.05) is 13.2 Å². The minimum absolute atomic E-state index is 0.124. The molecule has 0 radical (unpaired) electrons. The Bertz CT molecular complexity index is 249. The second-order valence-corrected chi connectivity index (χ2v) is 4.48. The first-order chi connectivity index (χ1) is 7.20. The lowest BCUT2D eigenvalue weighted by Crippen LogP contribution is -2.44. The van der Waals surface area contributed by atoms with Crippen LogP contribution in [0.4, 0.5) is 0 Å². The number of hydrogen-bond acceptors (Lipinski definition) is 3. The standard InChI is InChI=1S/C11H18O4/c1-2-14-7-11(10(12)13)5-6-15-9(11)8-3-4-8/h8-9H,2-7H2,1H3,(H,12,13). The van der Waals surface area contributed by atoms with Gasteiger partial charge in [-0.3, -0.25) is 4.79 Å². The molecule has 0 spiro atoms. The van der Waals surface area contributed by atoms with Gasteiger partial charge < -0.3 is 14.6 Å². The maximum absolute atomic E-state index is 11.4. The van der Waals surface area contributed by atoms with Gasteiger partial charge >= 0.3 is 5.97 Å². The summed E-state index contributed by atoms with van der Waals surface area (Å²) in [6.07, 6.45) is 2.67. The normalized spacial score (nSPS) is 35.7. The van der Waals surface area contributed by atoms with E-state index >= 15 is 0 Å². The molecule has 2 unspecified atom stereocenters. The van der Waals surface area contributed by atoms with Crippen molar-refractivity contribution in [3.63, 3.8) is 0 Å². The Hall–Kier alpha value is -0.610. The average Bonchev–Trinajstić information content (AvgIpc) is 2.96. The van der Waals surface area contributed by atoms with Crippen LogP contribution < -0.4 is 0 Å². The van der Waals surface area contributed by atoms with E-state index in [1.165, 1.54) is 0 Å². The lowest BCUT2D eigenvalue weighted by atomic mass is 9.79. The predicted octanol–water partition coefficient (Wildman–Crippen LogP) is 1.29. The minimum Gasteiger partial charge on any atom is -0.481 e. The fourth-order valence-corrected chi connectivity index (χ4v) is 2.38. The molecule has 1 N–H and O–H groups in total. The first-order valence-corrected chi connectivity index (χ1v) is 5.63. The van der Waals surface area contributed by atoms with Crippen LogP contribution in [-0.2, 0) is 14.3 Å². The number of aliphatic carboxylic acids is 1. The summed E-state index contributed by atoms with van der Waals surface area (Å²) in [5, 5.41) is 9.38. The van der Waals surface area contributed by atoms with Crippen molar-refractivity contribution in [2.45, 2.75) is 32.3 Å². The van der Waals surface area contributed by atoms with Crippen LogP contribution in [-0.4, -0.2) is 37.0 Å². The van der Waals surface area contributed by atoms with E-state index in [2.05, 4.69) is 0 Å². The van der Waals surface area contributed by atoms with E-state index in [0.29, 0.717) is 32.2 Å². The van der Waals surface area contributed by atoms with E-state index in [1.54, 1.807) is 0 Å². The zero-order valence-corrected chi connectivity index (χ0v) is 9.07. The largest absolute Gasteiger partial charge is 0.481 e. The summed E-state index contributed by atoms with van der Waals surface area (Å²) < 4.78 is 10.9. The molecule has 1 saturated carbocycles. The number of carboxylic acids is 1. The molecule has 0 bridgehead atoms. The highest BCUT2D eigenvalue weighted by Gasteiger charge is 2.56. The molecule has 0 amide bonds. The van der Waals surface area contributed by atoms with Crippen molar-refractivity contribution in [2.75, 3.05) is 19.8 Å². The second-order valence-electron chi connectivity index (χ2n) is 4.48. The SMILES string of the molecule is CCOCC1(C(=O)O)CCOC1C1CC1. The quantitative estimate of drug-likeness (QED) is 0.749. The third-order valence-corrected chi connectivity index (χ3v) is 3.43. The van der Waals surface area contributed by atoms with Gasteiger partial charge in [0.05, 0.1) is 12.7 Å². The van der Waals surface area contributed by atoms with Crippen LogP contribution in [0.5, 0.6) is 0 Å². The maximum atomic E-state index is 11.4. The van der Waals surface area contributed by atoms with Crippen molar-refractivity contribution < 1.29 is 19.4 Å². The third kappa shape index (κ3) is 1.88. The molecule has 0 aromatic carbocycles. The van der Waals surface area contributed by atoms with E-state index < -0.39 is 11.4 Å². The van der Waals surface area contributed by atoms with Crippen LogP contribution in [0.1, 0.15) is 26.2 Å². The lowest BCUT2D eigenvalue weighted by molar-refractivity contribution is -0.158. The van der Waals surface area contributed by atoms with Gasteiger partial charge in [-0.2, -0.15) is 0 Å². The zero-order valence-electron chi connectivity index (χ0n) is 9.07. The number of carboxylic acid groups (broad SMARTS) is 1. The number of ether oxygens (including phenoxy) is 2. The van der Waals surface area contributed by atoms with Gasteiger partial charge in [-0.1, -0.05) is 0 Å². The number of carbonyl (C=O) groups is 1. The van der Waals surface area contributed by atoms with Crippen molar-refractivity contribution in [3.8, 4) is 0 Å². The number of hydrogen-bond donors (Lipinski definition) is 1. The predicted molar refractivity (Wildman–Crippen MR) is 53.6 cm³/mol. The Morgan fingerprint density at radius 2 is 2.33 bits per heavy atom. The highest BCUT2D eigenvalue weighted by Crippen LogP contribution is 2.48. The zero-order chi connectivity index (χ0) is 10.9. The summed E-state index contributed by atoms with van der Waals surface area (Å²) in [5.74, 6) is -0.311. The topological polar surface area (TPSA) is 55.8 Å². The van der Waals surface area contributed by atoms with E-state index in [-0.39, 0.29) is 6.10 Å². The molecule has 2 atom stereocenters. The Labute approximate surface area is 89.6 Å². The fraction of sp³-hybridized carbons (Fsp3) is 0.909. The first-order valence-electron chi connectivity index (χ1n) is 5.63. The monoisotopic (exact) mass is 214 g/mol. The van der Waals surface area contributed by atoms with Gasteiger partial charge in [-0.25, -0.2) is 0 Å².